The number of fused-ring (bicyclic) bond motifs is 1. The van der Waals surface area contributed by atoms with Crippen molar-refractivity contribution in [1.29, 1.82) is 5.26 Å². The maximum Gasteiger partial charge on any atom is 0.271 e. The predicted molar refractivity (Wildman–Crippen MR) is 99.4 cm³/mol. The zero-order valence-electron chi connectivity index (χ0n) is 15.5. The van der Waals surface area contributed by atoms with Gasteiger partial charge < -0.3 is 13.4 Å². The highest BCUT2D eigenvalue weighted by Crippen LogP contribution is 2.30. The van der Waals surface area contributed by atoms with Gasteiger partial charge in [-0.05, 0) is 37.6 Å². The number of hydrogen-bond donors (Lipinski definition) is 0. The van der Waals surface area contributed by atoms with E-state index >= 15 is 0 Å². The Morgan fingerprint density at radius 3 is 2.71 bits per heavy atom. The summed E-state index contributed by atoms with van der Waals surface area (Å²) in [6, 6.07) is 7.23. The fourth-order valence-corrected chi connectivity index (χ4v) is 3.25. The molecular formula is C20H16N4O4. The summed E-state index contributed by atoms with van der Waals surface area (Å²) in [6.07, 6.45) is 3.11. The molecule has 0 saturated carbocycles. The van der Waals surface area contributed by atoms with Gasteiger partial charge in [0.1, 0.15) is 22.9 Å². The van der Waals surface area contributed by atoms with Crippen LogP contribution in [-0.2, 0) is 16.6 Å². The van der Waals surface area contributed by atoms with Crippen LogP contribution in [0.3, 0.4) is 0 Å². The molecule has 0 radical (unpaired) electrons. The Labute approximate surface area is 160 Å². The number of imide groups is 1. The molecule has 140 valence electrons. The van der Waals surface area contributed by atoms with Crippen LogP contribution in [0.5, 0.6) is 0 Å². The summed E-state index contributed by atoms with van der Waals surface area (Å²) >= 11 is 0. The quantitative estimate of drug-likeness (QED) is 0.514. The highest BCUT2D eigenvalue weighted by Gasteiger charge is 2.34. The summed E-state index contributed by atoms with van der Waals surface area (Å²) < 4.78 is 13.0. The van der Waals surface area contributed by atoms with Crippen LogP contribution in [0.15, 0.2) is 50.0 Å². The summed E-state index contributed by atoms with van der Waals surface area (Å²) in [5.74, 6) is 0.625. The van der Waals surface area contributed by atoms with Crippen LogP contribution in [0.1, 0.15) is 19.6 Å². The van der Waals surface area contributed by atoms with Gasteiger partial charge >= 0.3 is 0 Å². The van der Waals surface area contributed by atoms with Crippen LogP contribution in [0.4, 0.5) is 0 Å². The lowest BCUT2D eigenvalue weighted by Gasteiger charge is -2.25. The molecule has 3 aromatic rings. The molecule has 1 aliphatic rings. The van der Waals surface area contributed by atoms with E-state index in [4.69, 9.17) is 8.83 Å². The summed E-state index contributed by atoms with van der Waals surface area (Å²) in [7, 11) is 1.84. The molecule has 0 fully saturated rings. The highest BCUT2D eigenvalue weighted by molar-refractivity contribution is 6.19. The second-order valence-electron chi connectivity index (χ2n) is 6.34. The first kappa shape index (κ1) is 17.5. The molecule has 8 heteroatoms. The standard InChI is InChI=1S/C20H16N4O4/c1-4-24-19(25)13(11(2)14(10-21)20(24)26)8-12-9-15-18(28-12)22-17(23(15)3)16-6-5-7-27-16/h5-9H,4H2,1-3H3/b13-8-. The lowest BCUT2D eigenvalue weighted by Crippen LogP contribution is -2.42. The second-order valence-corrected chi connectivity index (χ2v) is 6.34. The molecule has 0 N–H and O–H groups in total. The number of imidazole rings is 1. The van der Waals surface area contributed by atoms with E-state index in [1.165, 1.54) is 0 Å². The van der Waals surface area contributed by atoms with Crippen molar-refractivity contribution in [3.63, 3.8) is 0 Å². The lowest BCUT2D eigenvalue weighted by atomic mass is 9.95. The molecule has 4 heterocycles. The molecule has 0 atom stereocenters. The van der Waals surface area contributed by atoms with Crippen molar-refractivity contribution in [3.05, 3.63) is 46.9 Å². The molecule has 1 aliphatic heterocycles. The molecule has 2 amide bonds. The number of amides is 2. The Bertz CT molecular complexity index is 1220. The van der Waals surface area contributed by atoms with Crippen LogP contribution in [0.25, 0.3) is 28.9 Å². The predicted octanol–water partition coefficient (Wildman–Crippen LogP) is 3.04. The largest absolute Gasteiger partial charge is 0.461 e. The number of aromatic nitrogens is 2. The zero-order chi connectivity index (χ0) is 20.0. The van der Waals surface area contributed by atoms with Crippen molar-refractivity contribution in [2.24, 2.45) is 7.05 Å². The van der Waals surface area contributed by atoms with Crippen LogP contribution < -0.4 is 0 Å². The minimum Gasteiger partial charge on any atom is -0.461 e. The van der Waals surface area contributed by atoms with Crippen molar-refractivity contribution < 1.29 is 18.4 Å². The Morgan fingerprint density at radius 1 is 1.32 bits per heavy atom. The van der Waals surface area contributed by atoms with Gasteiger partial charge in [-0.3, -0.25) is 14.5 Å². The summed E-state index contributed by atoms with van der Waals surface area (Å²) in [4.78, 5) is 30.4. The van der Waals surface area contributed by atoms with E-state index < -0.39 is 11.8 Å². The van der Waals surface area contributed by atoms with Gasteiger partial charge in [0.15, 0.2) is 11.6 Å². The number of carbonyl (C=O) groups is 2. The highest BCUT2D eigenvalue weighted by atomic mass is 16.3. The van der Waals surface area contributed by atoms with Gasteiger partial charge in [0.25, 0.3) is 11.8 Å². The Kier molecular flexibility index (Phi) is 4.00. The lowest BCUT2D eigenvalue weighted by molar-refractivity contribution is -0.140. The maximum atomic E-state index is 12.7. The minimum atomic E-state index is -0.570. The first-order chi connectivity index (χ1) is 13.5. The van der Waals surface area contributed by atoms with Gasteiger partial charge in [-0.25, -0.2) is 0 Å². The number of nitriles is 1. The van der Waals surface area contributed by atoms with E-state index in [2.05, 4.69) is 4.98 Å². The smallest absolute Gasteiger partial charge is 0.271 e. The van der Waals surface area contributed by atoms with Gasteiger partial charge in [-0.15, -0.1) is 0 Å². The number of rotatable bonds is 3. The first-order valence-corrected chi connectivity index (χ1v) is 8.65. The molecule has 3 aromatic heterocycles. The molecule has 0 saturated heterocycles. The van der Waals surface area contributed by atoms with E-state index in [0.717, 1.165) is 10.4 Å². The van der Waals surface area contributed by atoms with E-state index in [0.29, 0.717) is 28.6 Å². The second kappa shape index (κ2) is 6.39. The van der Waals surface area contributed by atoms with Gasteiger partial charge in [0, 0.05) is 25.2 Å². The fraction of sp³-hybridized carbons (Fsp3) is 0.200. The summed E-state index contributed by atoms with van der Waals surface area (Å²) in [6.45, 7) is 3.45. The number of likely N-dealkylation sites (N-methyl/N-ethyl adjacent to an activating group) is 1. The van der Waals surface area contributed by atoms with E-state index in [1.807, 2.05) is 17.7 Å². The van der Waals surface area contributed by atoms with E-state index in [9.17, 15) is 14.9 Å². The zero-order valence-corrected chi connectivity index (χ0v) is 15.5. The fourth-order valence-electron chi connectivity index (χ4n) is 3.25. The van der Waals surface area contributed by atoms with Crippen molar-refractivity contribution in [2.75, 3.05) is 6.54 Å². The van der Waals surface area contributed by atoms with Crippen LogP contribution in [0.2, 0.25) is 0 Å². The molecule has 28 heavy (non-hydrogen) atoms. The SMILES string of the molecule is CCN1C(=O)C(C#N)=C(C)/C(=C/c2cc3c(nc(-c4ccco4)n3C)o2)C1=O. The van der Waals surface area contributed by atoms with Crippen LogP contribution in [-0.4, -0.2) is 32.8 Å². The minimum absolute atomic E-state index is 0.0398. The van der Waals surface area contributed by atoms with Gasteiger partial charge in [-0.2, -0.15) is 10.2 Å². The van der Waals surface area contributed by atoms with Crippen LogP contribution >= 0.6 is 0 Å². The summed E-state index contributed by atoms with van der Waals surface area (Å²) in [5.41, 5.74) is 1.68. The average molecular weight is 376 g/mol. The molecule has 0 unspecified atom stereocenters. The molecule has 0 aliphatic carbocycles. The van der Waals surface area contributed by atoms with E-state index in [-0.39, 0.29) is 17.7 Å². The normalized spacial score (nSPS) is 16.5. The number of aryl methyl sites for hydroxylation is 1. The topological polar surface area (TPSA) is 105 Å². The first-order valence-electron chi connectivity index (χ1n) is 8.65. The Morgan fingerprint density at radius 2 is 2.11 bits per heavy atom. The maximum absolute atomic E-state index is 12.7. The van der Waals surface area contributed by atoms with Gasteiger partial charge in [0.2, 0.25) is 5.71 Å². The number of furan rings is 2. The monoisotopic (exact) mass is 376 g/mol. The molecule has 8 nitrogen and oxygen atoms in total. The third-order valence-corrected chi connectivity index (χ3v) is 4.77. The van der Waals surface area contributed by atoms with Crippen molar-refractivity contribution in [2.45, 2.75) is 13.8 Å². The number of hydrogen-bond acceptors (Lipinski definition) is 6. The average Bonchev–Trinajstić information content (AvgIpc) is 3.38. The molecule has 0 spiro atoms. The van der Waals surface area contributed by atoms with Crippen LogP contribution in [0, 0.1) is 11.3 Å². The molecular weight excluding hydrogens is 360 g/mol. The number of carbonyl (C=O) groups excluding carboxylic acids is 2. The van der Waals surface area contributed by atoms with Crippen molar-refractivity contribution >= 4 is 29.1 Å². The third kappa shape index (κ3) is 2.48. The molecule has 4 rings (SSSR count). The molecule has 0 aromatic carbocycles. The van der Waals surface area contributed by atoms with Crippen molar-refractivity contribution in [3.8, 4) is 17.7 Å². The van der Waals surface area contributed by atoms with E-state index in [1.54, 1.807) is 44.4 Å². The Balaban J connectivity index is 1.81. The Hall–Kier alpha value is -3.86. The molecule has 0 bridgehead atoms. The van der Waals surface area contributed by atoms with Gasteiger partial charge in [-0.1, -0.05) is 0 Å². The third-order valence-electron chi connectivity index (χ3n) is 4.77. The van der Waals surface area contributed by atoms with Crippen molar-refractivity contribution in [1.82, 2.24) is 14.5 Å². The number of nitrogens with zero attached hydrogens (tertiary/aromatic N) is 4. The summed E-state index contributed by atoms with van der Waals surface area (Å²) in [5, 5.41) is 9.31. The van der Waals surface area contributed by atoms with Gasteiger partial charge in [0.05, 0.1) is 6.26 Å².